The minimum Gasteiger partial charge on any atom is -0.459 e. The Hall–Kier alpha value is -2.16. The first kappa shape index (κ1) is 19.6. The van der Waals surface area contributed by atoms with Crippen molar-refractivity contribution in [2.75, 3.05) is 38.2 Å². The van der Waals surface area contributed by atoms with Crippen molar-refractivity contribution in [2.24, 2.45) is 0 Å². The predicted molar refractivity (Wildman–Crippen MR) is 105 cm³/mol. The van der Waals surface area contributed by atoms with Crippen molar-refractivity contribution in [1.82, 2.24) is 10.2 Å². The van der Waals surface area contributed by atoms with Crippen LogP contribution in [0.25, 0.3) is 0 Å². The lowest BCUT2D eigenvalue weighted by molar-refractivity contribution is -0.00922. The van der Waals surface area contributed by atoms with Gasteiger partial charge in [0.15, 0.2) is 5.76 Å². The van der Waals surface area contributed by atoms with E-state index < -0.39 is 0 Å². The minimum atomic E-state index is -0.332. The molecule has 1 fully saturated rings. The largest absolute Gasteiger partial charge is 0.459 e. The first-order chi connectivity index (χ1) is 12.9. The molecule has 0 unspecified atom stereocenters. The zero-order valence-corrected chi connectivity index (χ0v) is 16.6. The second-order valence-corrected chi connectivity index (χ2v) is 8.20. The number of ether oxygens (including phenoxy) is 1. The summed E-state index contributed by atoms with van der Waals surface area (Å²) in [6, 6.07) is 5.05. The van der Waals surface area contributed by atoms with Crippen LogP contribution in [0.1, 0.15) is 39.6 Å². The lowest BCUT2D eigenvalue weighted by Crippen LogP contribution is -2.55. The maximum Gasteiger partial charge on any atom is 0.291 e. The number of carbonyl (C=O) groups excluding carboxylic acids is 2. The molecule has 0 spiro atoms. The third-order valence-electron chi connectivity index (χ3n) is 4.65. The van der Waals surface area contributed by atoms with Crippen LogP contribution in [0.4, 0.5) is 5.00 Å². The van der Waals surface area contributed by atoms with E-state index in [4.69, 9.17) is 9.15 Å². The van der Waals surface area contributed by atoms with E-state index in [2.05, 4.69) is 29.4 Å². The number of furan rings is 1. The molecule has 0 radical (unpaired) electrons. The van der Waals surface area contributed by atoms with Crippen molar-refractivity contribution in [1.29, 1.82) is 0 Å². The van der Waals surface area contributed by atoms with Crippen molar-refractivity contribution in [2.45, 2.75) is 26.3 Å². The number of hydrogen-bond acceptors (Lipinski definition) is 6. The van der Waals surface area contributed by atoms with E-state index in [0.717, 1.165) is 31.9 Å². The highest BCUT2D eigenvalue weighted by Crippen LogP contribution is 2.27. The molecule has 0 bridgehead atoms. The summed E-state index contributed by atoms with van der Waals surface area (Å²) in [4.78, 5) is 27.7. The minimum absolute atomic E-state index is 0.127. The van der Waals surface area contributed by atoms with Gasteiger partial charge in [-0.2, -0.15) is 0 Å². The number of rotatable bonds is 6. The molecule has 1 aliphatic rings. The first-order valence-corrected chi connectivity index (χ1v) is 9.75. The molecule has 0 aliphatic carbocycles. The van der Waals surface area contributed by atoms with Gasteiger partial charge in [0.05, 0.1) is 29.4 Å². The van der Waals surface area contributed by atoms with Gasteiger partial charge in [0.25, 0.3) is 11.8 Å². The molecule has 1 aliphatic heterocycles. The van der Waals surface area contributed by atoms with E-state index in [-0.39, 0.29) is 23.1 Å². The van der Waals surface area contributed by atoms with Gasteiger partial charge < -0.3 is 19.8 Å². The van der Waals surface area contributed by atoms with Crippen molar-refractivity contribution < 1.29 is 18.7 Å². The van der Waals surface area contributed by atoms with Gasteiger partial charge in [0.2, 0.25) is 0 Å². The highest BCUT2D eigenvalue weighted by Gasteiger charge is 2.29. The fraction of sp³-hybridized carbons (Fsp3) is 0.474. The zero-order chi connectivity index (χ0) is 19.4. The molecule has 0 saturated carbocycles. The molecule has 2 aromatic heterocycles. The molecule has 0 aromatic carbocycles. The highest BCUT2D eigenvalue weighted by atomic mass is 32.1. The summed E-state index contributed by atoms with van der Waals surface area (Å²) >= 11 is 1.26. The fourth-order valence-electron chi connectivity index (χ4n) is 3.01. The van der Waals surface area contributed by atoms with Crippen LogP contribution in [-0.4, -0.2) is 55.1 Å². The van der Waals surface area contributed by atoms with Gasteiger partial charge >= 0.3 is 0 Å². The maximum atomic E-state index is 12.6. The van der Waals surface area contributed by atoms with E-state index in [9.17, 15) is 9.59 Å². The van der Waals surface area contributed by atoms with Crippen molar-refractivity contribution in [3.8, 4) is 0 Å². The van der Waals surface area contributed by atoms with Crippen molar-refractivity contribution in [3.63, 3.8) is 0 Å². The number of nitrogens with one attached hydrogen (secondary N) is 2. The Morgan fingerprint density at radius 1 is 1.26 bits per heavy atom. The summed E-state index contributed by atoms with van der Waals surface area (Å²) in [5.74, 6) is -0.224. The highest BCUT2D eigenvalue weighted by molar-refractivity contribution is 7.18. The molecule has 7 nitrogen and oxygen atoms in total. The molecule has 1 saturated heterocycles. The van der Waals surface area contributed by atoms with Gasteiger partial charge in [-0.3, -0.25) is 14.5 Å². The molecular weight excluding hydrogens is 366 g/mol. The Kier molecular flexibility index (Phi) is 5.98. The molecule has 0 atom stereocenters. The summed E-state index contributed by atoms with van der Waals surface area (Å²) in [5, 5.41) is 6.41. The summed E-state index contributed by atoms with van der Waals surface area (Å²) in [5.41, 5.74) is 0.678. The van der Waals surface area contributed by atoms with Crippen LogP contribution in [0.5, 0.6) is 0 Å². The van der Waals surface area contributed by atoms with Gasteiger partial charge in [0.1, 0.15) is 0 Å². The predicted octanol–water partition coefficient (Wildman–Crippen LogP) is 2.74. The van der Waals surface area contributed by atoms with Gasteiger partial charge in [-0.1, -0.05) is 0 Å². The lowest BCUT2D eigenvalue weighted by atomic mass is 10.0. The van der Waals surface area contributed by atoms with Crippen molar-refractivity contribution in [3.05, 3.63) is 40.7 Å². The molecule has 27 heavy (non-hydrogen) atoms. The van der Waals surface area contributed by atoms with E-state index >= 15 is 0 Å². The number of morpholine rings is 1. The molecular formula is C19H25N3O4S. The van der Waals surface area contributed by atoms with Crippen LogP contribution in [0.2, 0.25) is 0 Å². The SMILES string of the molecule is Cc1cc(NC(=O)c2ccco2)sc1C(=O)NCC(C)(C)N1CCOCC1. The number of carbonyl (C=O) groups is 2. The van der Waals surface area contributed by atoms with Crippen LogP contribution in [-0.2, 0) is 4.74 Å². The lowest BCUT2D eigenvalue weighted by Gasteiger charge is -2.40. The van der Waals surface area contributed by atoms with Gasteiger partial charge in [-0.15, -0.1) is 11.3 Å². The number of nitrogens with zero attached hydrogens (tertiary/aromatic N) is 1. The molecule has 146 valence electrons. The van der Waals surface area contributed by atoms with Crippen LogP contribution in [0, 0.1) is 6.92 Å². The van der Waals surface area contributed by atoms with Crippen molar-refractivity contribution >= 4 is 28.2 Å². The fourth-order valence-corrected chi connectivity index (χ4v) is 3.99. The number of thiophene rings is 1. The third-order valence-corrected chi connectivity index (χ3v) is 5.81. The topological polar surface area (TPSA) is 83.8 Å². The Morgan fingerprint density at radius 3 is 2.67 bits per heavy atom. The maximum absolute atomic E-state index is 12.6. The quantitative estimate of drug-likeness (QED) is 0.791. The van der Waals surface area contributed by atoms with E-state index in [1.807, 2.05) is 6.92 Å². The van der Waals surface area contributed by atoms with Gasteiger partial charge in [-0.05, 0) is 44.5 Å². The zero-order valence-electron chi connectivity index (χ0n) is 15.8. The average Bonchev–Trinajstić information content (AvgIpc) is 3.30. The van der Waals surface area contributed by atoms with E-state index in [0.29, 0.717) is 16.4 Å². The summed E-state index contributed by atoms with van der Waals surface area (Å²) in [7, 11) is 0. The monoisotopic (exact) mass is 391 g/mol. The van der Waals surface area contributed by atoms with Gasteiger partial charge in [0, 0.05) is 25.2 Å². The van der Waals surface area contributed by atoms with Gasteiger partial charge in [-0.25, -0.2) is 0 Å². The second-order valence-electron chi connectivity index (χ2n) is 7.15. The second kappa shape index (κ2) is 8.24. The van der Waals surface area contributed by atoms with Crippen LogP contribution in [0.15, 0.2) is 28.9 Å². The standard InChI is InChI=1S/C19H25N3O4S/c1-13-11-15(21-17(23)14-5-4-8-26-14)27-16(13)18(24)20-12-19(2,3)22-6-9-25-10-7-22/h4-5,8,11H,6-7,9-10,12H2,1-3H3,(H,20,24)(H,21,23). The van der Waals surface area contributed by atoms with Crippen LogP contribution >= 0.6 is 11.3 Å². The Balaban J connectivity index is 1.60. The molecule has 8 heteroatoms. The molecule has 3 rings (SSSR count). The van der Waals surface area contributed by atoms with E-state index in [1.54, 1.807) is 18.2 Å². The van der Waals surface area contributed by atoms with E-state index in [1.165, 1.54) is 17.6 Å². The number of amides is 2. The molecule has 2 N–H and O–H groups in total. The number of anilines is 1. The number of hydrogen-bond donors (Lipinski definition) is 2. The molecule has 2 amide bonds. The summed E-state index contributed by atoms with van der Waals surface area (Å²) in [6.07, 6.45) is 1.45. The first-order valence-electron chi connectivity index (χ1n) is 8.93. The normalized spacial score (nSPS) is 15.5. The van der Waals surface area contributed by atoms with Crippen LogP contribution < -0.4 is 10.6 Å². The Bertz CT molecular complexity index is 792. The average molecular weight is 391 g/mol. The molecule has 3 heterocycles. The third kappa shape index (κ3) is 4.77. The molecule has 2 aromatic rings. The summed E-state index contributed by atoms with van der Waals surface area (Å²) < 4.78 is 10.5. The smallest absolute Gasteiger partial charge is 0.291 e. The Morgan fingerprint density at radius 2 is 2.00 bits per heavy atom. The number of aryl methyl sites for hydroxylation is 1. The summed E-state index contributed by atoms with van der Waals surface area (Å²) in [6.45, 7) is 9.82. The van der Waals surface area contributed by atoms with Crippen LogP contribution in [0.3, 0.4) is 0 Å². The Labute approximate surface area is 162 Å².